The average molecular weight is 457 g/mol. The molecule has 1 aromatic carbocycles. The first-order valence-corrected chi connectivity index (χ1v) is 11.2. The molecule has 1 saturated heterocycles. The highest BCUT2D eigenvalue weighted by atomic mass is 32.2. The van der Waals surface area contributed by atoms with Gasteiger partial charge in [0.1, 0.15) is 5.60 Å². The third-order valence-corrected chi connectivity index (χ3v) is 6.81. The van der Waals surface area contributed by atoms with Gasteiger partial charge in [-0.15, -0.1) is 0 Å². The van der Waals surface area contributed by atoms with Crippen LogP contribution in [-0.4, -0.2) is 66.6 Å². The van der Waals surface area contributed by atoms with Crippen LogP contribution in [0.1, 0.15) is 27.7 Å². The lowest BCUT2D eigenvalue weighted by Gasteiger charge is -2.39. The number of benzene rings is 1. The van der Waals surface area contributed by atoms with Crippen molar-refractivity contribution in [2.24, 2.45) is 0 Å². The zero-order chi connectivity index (χ0) is 23.0. The van der Waals surface area contributed by atoms with Crippen molar-refractivity contribution in [1.82, 2.24) is 14.2 Å². The van der Waals surface area contributed by atoms with Gasteiger partial charge in [-0.05, 0) is 45.9 Å². The van der Waals surface area contributed by atoms with Crippen LogP contribution < -0.4 is 4.74 Å². The molecule has 1 aliphatic heterocycles. The second-order valence-electron chi connectivity index (χ2n) is 8.24. The van der Waals surface area contributed by atoms with E-state index in [1.165, 1.54) is 39.7 Å². The Kier molecular flexibility index (Phi) is 6.38. The van der Waals surface area contributed by atoms with E-state index in [-0.39, 0.29) is 41.2 Å². The smallest absolute Gasteiger partial charge is 0.410 e. The molecular weight excluding hydrogens is 432 g/mol. The Morgan fingerprint density at radius 3 is 2.52 bits per heavy atom. The minimum absolute atomic E-state index is 0.0379. The zero-order valence-electron chi connectivity index (χ0n) is 17.7. The Balaban J connectivity index is 1.89. The van der Waals surface area contributed by atoms with E-state index < -0.39 is 34.4 Å². The van der Waals surface area contributed by atoms with Crippen molar-refractivity contribution in [3.05, 3.63) is 30.5 Å². The third-order valence-electron chi connectivity index (χ3n) is 4.74. The van der Waals surface area contributed by atoms with E-state index in [1.807, 2.05) is 0 Å². The fourth-order valence-corrected chi connectivity index (χ4v) is 5.29. The molecular formula is C20H25F2N3O5S. The molecule has 1 aromatic heterocycles. The summed E-state index contributed by atoms with van der Waals surface area (Å²) in [5, 5.41) is 0.402. The van der Waals surface area contributed by atoms with Gasteiger partial charge in [-0.3, -0.25) is 0 Å². The normalized spacial score (nSPS) is 18.4. The Labute approximate surface area is 179 Å². The Hall–Kier alpha value is -2.53. The maximum absolute atomic E-state index is 13.4. The summed E-state index contributed by atoms with van der Waals surface area (Å²) in [4.78, 5) is 17.6. The third kappa shape index (κ3) is 5.04. The van der Waals surface area contributed by atoms with Crippen LogP contribution in [0.5, 0.6) is 5.88 Å². The van der Waals surface area contributed by atoms with Crippen LogP contribution in [-0.2, 0) is 14.8 Å². The number of fused-ring (bicyclic) bond motifs is 1. The lowest BCUT2D eigenvalue weighted by molar-refractivity contribution is -0.0517. The molecule has 31 heavy (non-hydrogen) atoms. The number of halogens is 2. The van der Waals surface area contributed by atoms with Gasteiger partial charge in [-0.2, -0.15) is 13.1 Å². The van der Waals surface area contributed by atoms with E-state index in [1.54, 1.807) is 27.7 Å². The summed E-state index contributed by atoms with van der Waals surface area (Å²) in [6.07, 6.45) is 0.726. The number of piperazine rings is 1. The quantitative estimate of drug-likeness (QED) is 0.699. The molecule has 0 N–H and O–H groups in total. The van der Waals surface area contributed by atoms with E-state index >= 15 is 0 Å². The van der Waals surface area contributed by atoms with Gasteiger partial charge in [-0.1, -0.05) is 6.07 Å². The molecule has 0 aliphatic carbocycles. The van der Waals surface area contributed by atoms with Crippen LogP contribution in [0.25, 0.3) is 10.8 Å². The van der Waals surface area contributed by atoms with E-state index in [0.29, 0.717) is 0 Å². The van der Waals surface area contributed by atoms with Crippen LogP contribution in [0.3, 0.4) is 0 Å². The number of hydrogen-bond acceptors (Lipinski definition) is 6. The topological polar surface area (TPSA) is 89.0 Å². The van der Waals surface area contributed by atoms with Crippen molar-refractivity contribution in [3.63, 3.8) is 0 Å². The number of alkyl halides is 2. The number of ether oxygens (including phenoxy) is 2. The Bertz CT molecular complexity index is 1070. The van der Waals surface area contributed by atoms with Gasteiger partial charge >= 0.3 is 12.7 Å². The molecule has 170 valence electrons. The monoisotopic (exact) mass is 457 g/mol. The minimum Gasteiger partial charge on any atom is -0.444 e. The minimum atomic E-state index is -3.98. The van der Waals surface area contributed by atoms with E-state index in [2.05, 4.69) is 9.72 Å². The number of carbonyl (C=O) groups is 1. The number of sulfonamides is 1. The van der Waals surface area contributed by atoms with Gasteiger partial charge in [0.05, 0.1) is 4.90 Å². The molecule has 8 nitrogen and oxygen atoms in total. The van der Waals surface area contributed by atoms with Crippen molar-refractivity contribution < 1.29 is 31.5 Å². The average Bonchev–Trinajstić information content (AvgIpc) is 2.65. The number of amides is 1. The van der Waals surface area contributed by atoms with Gasteiger partial charge in [0.2, 0.25) is 15.9 Å². The molecule has 0 saturated carbocycles. The van der Waals surface area contributed by atoms with Crippen LogP contribution in [0.2, 0.25) is 0 Å². The largest absolute Gasteiger partial charge is 0.444 e. The number of hydrogen-bond donors (Lipinski definition) is 0. The fraction of sp³-hybridized carbons (Fsp3) is 0.500. The maximum Gasteiger partial charge on any atom is 0.410 e. The number of nitrogens with zero attached hydrogens (tertiary/aromatic N) is 3. The maximum atomic E-state index is 13.4. The highest BCUT2D eigenvalue weighted by Gasteiger charge is 2.37. The number of carbonyl (C=O) groups excluding carboxylic acids is 1. The lowest BCUT2D eigenvalue weighted by atomic mass is 10.2. The Morgan fingerprint density at radius 1 is 1.19 bits per heavy atom. The Morgan fingerprint density at radius 2 is 1.90 bits per heavy atom. The summed E-state index contributed by atoms with van der Waals surface area (Å²) < 4.78 is 63.4. The molecule has 1 fully saturated rings. The first kappa shape index (κ1) is 23.1. The number of rotatable bonds is 4. The fourth-order valence-electron chi connectivity index (χ4n) is 3.47. The van der Waals surface area contributed by atoms with Crippen molar-refractivity contribution in [2.75, 3.05) is 19.6 Å². The number of pyridine rings is 1. The van der Waals surface area contributed by atoms with Gasteiger partial charge in [0.15, 0.2) is 0 Å². The molecule has 1 amide bonds. The summed E-state index contributed by atoms with van der Waals surface area (Å²) in [6.45, 7) is 4.31. The van der Waals surface area contributed by atoms with Gasteiger partial charge < -0.3 is 14.4 Å². The summed E-state index contributed by atoms with van der Waals surface area (Å²) in [7, 11) is -3.98. The van der Waals surface area contributed by atoms with Gasteiger partial charge in [0.25, 0.3) is 0 Å². The summed E-state index contributed by atoms with van der Waals surface area (Å²) >= 11 is 0. The van der Waals surface area contributed by atoms with Crippen LogP contribution in [0.4, 0.5) is 13.6 Å². The molecule has 0 spiro atoms. The molecule has 11 heteroatoms. The van der Waals surface area contributed by atoms with Crippen LogP contribution >= 0.6 is 0 Å². The van der Waals surface area contributed by atoms with Crippen molar-refractivity contribution in [3.8, 4) is 5.88 Å². The summed E-state index contributed by atoms with van der Waals surface area (Å²) in [5.41, 5.74) is -0.654. The molecule has 3 rings (SSSR count). The zero-order valence-corrected chi connectivity index (χ0v) is 18.5. The molecule has 1 atom stereocenters. The van der Waals surface area contributed by atoms with Gasteiger partial charge in [0, 0.05) is 42.6 Å². The predicted molar refractivity (Wildman–Crippen MR) is 110 cm³/mol. The summed E-state index contributed by atoms with van der Waals surface area (Å²) in [5.74, 6) is -0.340. The SMILES string of the molecule is C[C@@H]1CN(C(=O)OC(C)(C)C)CCN1S(=O)(=O)c1cccc2c(OC(F)F)nccc12. The van der Waals surface area contributed by atoms with Crippen molar-refractivity contribution in [1.29, 1.82) is 0 Å². The molecule has 2 heterocycles. The van der Waals surface area contributed by atoms with Crippen LogP contribution in [0, 0.1) is 0 Å². The van der Waals surface area contributed by atoms with Gasteiger partial charge in [-0.25, -0.2) is 18.2 Å². The second-order valence-corrected chi connectivity index (χ2v) is 10.1. The molecule has 2 aromatic rings. The highest BCUT2D eigenvalue weighted by molar-refractivity contribution is 7.89. The standard InChI is InChI=1S/C20H25F2N3O5S/c1-13-12-24(19(26)30-20(2,3)4)10-11-25(13)31(27,28)16-7-5-6-15-14(16)8-9-23-17(15)29-18(21)22/h5-9,13,18H,10-12H2,1-4H3/t13-/m1/s1. The lowest BCUT2D eigenvalue weighted by Crippen LogP contribution is -2.56. The molecule has 0 unspecified atom stereocenters. The highest BCUT2D eigenvalue weighted by Crippen LogP contribution is 2.32. The first-order valence-electron chi connectivity index (χ1n) is 9.72. The van der Waals surface area contributed by atoms with E-state index in [0.717, 1.165) is 0 Å². The predicted octanol–water partition coefficient (Wildman–Crippen LogP) is 3.47. The molecule has 0 radical (unpaired) electrons. The van der Waals surface area contributed by atoms with Crippen molar-refractivity contribution in [2.45, 2.75) is 50.8 Å². The first-order chi connectivity index (χ1) is 14.4. The second kappa shape index (κ2) is 8.54. The van der Waals surface area contributed by atoms with E-state index in [4.69, 9.17) is 4.74 Å². The van der Waals surface area contributed by atoms with Crippen molar-refractivity contribution >= 4 is 26.9 Å². The van der Waals surface area contributed by atoms with E-state index in [9.17, 15) is 22.0 Å². The molecule has 0 bridgehead atoms. The number of aromatic nitrogens is 1. The van der Waals surface area contributed by atoms with Crippen LogP contribution in [0.15, 0.2) is 35.4 Å². The summed E-state index contributed by atoms with van der Waals surface area (Å²) in [6, 6.07) is 5.28. The molecule has 1 aliphatic rings.